The first-order chi connectivity index (χ1) is 17.8. The van der Waals surface area contributed by atoms with Crippen LogP contribution in [-0.2, 0) is 28.6 Å². The van der Waals surface area contributed by atoms with Gasteiger partial charge < -0.3 is 14.2 Å². The zero-order valence-corrected chi connectivity index (χ0v) is 24.7. The number of carbonyl (C=O) groups is 3. The van der Waals surface area contributed by atoms with Gasteiger partial charge in [-0.15, -0.1) is 0 Å². The summed E-state index contributed by atoms with van der Waals surface area (Å²) in [4.78, 5) is 36.4. The van der Waals surface area contributed by atoms with Crippen molar-refractivity contribution in [2.24, 2.45) is 52.3 Å². The van der Waals surface area contributed by atoms with E-state index < -0.39 is 5.41 Å². The van der Waals surface area contributed by atoms with Crippen LogP contribution in [0.3, 0.4) is 0 Å². The van der Waals surface area contributed by atoms with Gasteiger partial charge in [0, 0.05) is 11.8 Å². The fourth-order valence-corrected chi connectivity index (χ4v) is 8.75. The highest BCUT2D eigenvalue weighted by Crippen LogP contribution is 2.61. The smallest absolute Gasteiger partial charge is 0.312 e. The molecule has 38 heavy (non-hydrogen) atoms. The van der Waals surface area contributed by atoms with E-state index in [9.17, 15) is 14.4 Å². The Morgan fingerprint density at radius 3 is 1.92 bits per heavy atom. The summed E-state index contributed by atoms with van der Waals surface area (Å²) in [6.07, 6.45) is 10.7. The number of hydrogen-bond donors (Lipinski definition) is 0. The lowest BCUT2D eigenvalue weighted by molar-refractivity contribution is -0.218. The summed E-state index contributed by atoms with van der Waals surface area (Å²) < 4.78 is 17.3. The molecule has 214 valence electrons. The number of ether oxygens (including phenoxy) is 3. The molecule has 1 aliphatic heterocycles. The Balaban J connectivity index is 0.000000156. The molecular formula is C32H50O6. The topological polar surface area (TPSA) is 78.9 Å². The van der Waals surface area contributed by atoms with Gasteiger partial charge in [-0.2, -0.15) is 0 Å². The van der Waals surface area contributed by atoms with Crippen molar-refractivity contribution in [3.8, 4) is 0 Å². The SMILES string of the molecule is CCC(C)(C)C(=O)OC1(CC)C2CC3CC(C2)CC1C3.CCC(C)(C)C(=O)OC1C2CC3C(=O)OC1C3C2. The fourth-order valence-electron chi connectivity index (χ4n) is 8.75. The third kappa shape index (κ3) is 4.50. The summed E-state index contributed by atoms with van der Waals surface area (Å²) in [5.41, 5.74) is -0.919. The summed E-state index contributed by atoms with van der Waals surface area (Å²) >= 11 is 0. The molecule has 0 aromatic rings. The molecule has 6 heteroatoms. The molecule has 1 saturated heterocycles. The molecule has 5 unspecified atom stereocenters. The number of hydrogen-bond acceptors (Lipinski definition) is 6. The second-order valence-electron chi connectivity index (χ2n) is 14.8. The molecule has 0 radical (unpaired) electrons. The first-order valence-corrected chi connectivity index (χ1v) is 15.5. The maximum Gasteiger partial charge on any atom is 0.312 e. The molecule has 7 rings (SSSR count). The van der Waals surface area contributed by atoms with Crippen LogP contribution in [0.1, 0.15) is 113 Å². The predicted molar refractivity (Wildman–Crippen MR) is 144 cm³/mol. The Morgan fingerprint density at radius 2 is 1.39 bits per heavy atom. The molecule has 6 aliphatic carbocycles. The Kier molecular flexibility index (Phi) is 7.21. The highest BCUT2D eigenvalue weighted by atomic mass is 16.6. The summed E-state index contributed by atoms with van der Waals surface area (Å²) in [7, 11) is 0. The number of esters is 3. The van der Waals surface area contributed by atoms with Crippen LogP contribution in [0.4, 0.5) is 0 Å². The zero-order chi connectivity index (χ0) is 27.6. The van der Waals surface area contributed by atoms with E-state index in [1.807, 2.05) is 34.6 Å². The van der Waals surface area contributed by atoms with Crippen LogP contribution in [0, 0.1) is 52.3 Å². The molecule has 0 amide bonds. The first kappa shape index (κ1) is 28.0. The second-order valence-corrected chi connectivity index (χ2v) is 14.8. The van der Waals surface area contributed by atoms with Crippen molar-refractivity contribution in [3.63, 3.8) is 0 Å². The predicted octanol–water partition coefficient (Wildman–Crippen LogP) is 6.49. The second kappa shape index (κ2) is 9.80. The van der Waals surface area contributed by atoms with Gasteiger partial charge in [-0.3, -0.25) is 14.4 Å². The van der Waals surface area contributed by atoms with Crippen LogP contribution in [0.15, 0.2) is 0 Å². The Bertz CT molecular complexity index is 922. The third-order valence-corrected chi connectivity index (χ3v) is 11.9. The third-order valence-electron chi connectivity index (χ3n) is 11.9. The van der Waals surface area contributed by atoms with Gasteiger partial charge >= 0.3 is 17.9 Å². The minimum Gasteiger partial charge on any atom is -0.458 e. The Labute approximate surface area is 229 Å². The number of fused-ring (bicyclic) bond motifs is 1. The maximum atomic E-state index is 12.6. The molecule has 0 N–H and O–H groups in total. The standard InChI is InChI=1S/C18H30O2.C14H20O4/c1-5-17(3,4)16(19)20-18(6-2)14-8-12-7-13(10-14)11-15(18)9-12;1-4-14(2,3)13(16)18-10-7-5-8-9(6-7)12(15)17-11(8)10/h12-15H,5-11H2,1-4H3;7-11H,4-6H2,1-3H3. The van der Waals surface area contributed by atoms with Gasteiger partial charge in [-0.05, 0) is 116 Å². The van der Waals surface area contributed by atoms with Crippen molar-refractivity contribution >= 4 is 17.9 Å². The molecule has 1 heterocycles. The summed E-state index contributed by atoms with van der Waals surface area (Å²) in [6, 6.07) is 0. The highest BCUT2D eigenvalue weighted by Gasteiger charge is 2.63. The maximum absolute atomic E-state index is 12.6. The average Bonchev–Trinajstić information content (AvgIpc) is 3.51. The minimum absolute atomic E-state index is 0.0364. The molecule has 6 nitrogen and oxygen atoms in total. The summed E-state index contributed by atoms with van der Waals surface area (Å²) in [5.74, 6) is 3.62. The van der Waals surface area contributed by atoms with E-state index in [2.05, 4.69) is 13.8 Å². The van der Waals surface area contributed by atoms with Gasteiger partial charge in [0.2, 0.25) is 0 Å². The van der Waals surface area contributed by atoms with Crippen LogP contribution < -0.4 is 0 Å². The van der Waals surface area contributed by atoms with Crippen molar-refractivity contribution in [2.75, 3.05) is 0 Å². The van der Waals surface area contributed by atoms with E-state index in [4.69, 9.17) is 14.2 Å². The van der Waals surface area contributed by atoms with Crippen LogP contribution in [-0.4, -0.2) is 35.7 Å². The van der Waals surface area contributed by atoms with E-state index in [1.54, 1.807) is 0 Å². The molecule has 7 fully saturated rings. The zero-order valence-electron chi connectivity index (χ0n) is 24.7. The summed E-state index contributed by atoms with van der Waals surface area (Å²) in [5, 5.41) is 0. The van der Waals surface area contributed by atoms with E-state index in [1.165, 1.54) is 32.1 Å². The van der Waals surface area contributed by atoms with E-state index in [0.29, 0.717) is 23.7 Å². The molecule has 6 saturated carbocycles. The monoisotopic (exact) mass is 530 g/mol. The molecular weight excluding hydrogens is 480 g/mol. The first-order valence-electron chi connectivity index (χ1n) is 15.5. The quantitative estimate of drug-likeness (QED) is 0.277. The molecule has 0 aromatic carbocycles. The molecule has 0 spiro atoms. The van der Waals surface area contributed by atoms with Crippen LogP contribution in [0.25, 0.3) is 0 Å². The van der Waals surface area contributed by atoms with Gasteiger partial charge in [0.05, 0.1) is 16.7 Å². The van der Waals surface area contributed by atoms with Crippen molar-refractivity contribution in [2.45, 2.75) is 130 Å². The molecule has 5 atom stereocenters. The minimum atomic E-state index is -0.455. The lowest BCUT2D eigenvalue weighted by atomic mass is 9.49. The normalized spacial score (nSPS) is 42.0. The van der Waals surface area contributed by atoms with E-state index in [-0.39, 0.29) is 47.0 Å². The van der Waals surface area contributed by atoms with Crippen LogP contribution >= 0.6 is 0 Å². The van der Waals surface area contributed by atoms with Gasteiger partial charge in [0.15, 0.2) is 0 Å². The van der Waals surface area contributed by atoms with Crippen molar-refractivity contribution in [1.82, 2.24) is 0 Å². The van der Waals surface area contributed by atoms with E-state index in [0.717, 1.165) is 43.9 Å². The Hall–Kier alpha value is -1.59. The van der Waals surface area contributed by atoms with Gasteiger partial charge in [-0.25, -0.2) is 0 Å². The summed E-state index contributed by atoms with van der Waals surface area (Å²) in [6.45, 7) is 14.1. The molecule has 0 aromatic heterocycles. The van der Waals surface area contributed by atoms with Crippen molar-refractivity contribution < 1.29 is 28.6 Å². The average molecular weight is 531 g/mol. The number of rotatable bonds is 7. The molecule has 7 aliphatic rings. The highest BCUT2D eigenvalue weighted by molar-refractivity contribution is 5.78. The Morgan fingerprint density at radius 1 is 0.842 bits per heavy atom. The van der Waals surface area contributed by atoms with Gasteiger partial charge in [0.1, 0.15) is 17.8 Å². The lowest BCUT2D eigenvalue weighted by Crippen LogP contribution is -2.60. The van der Waals surface area contributed by atoms with Gasteiger partial charge in [0.25, 0.3) is 0 Å². The number of carbonyl (C=O) groups excluding carboxylic acids is 3. The van der Waals surface area contributed by atoms with Crippen LogP contribution in [0.5, 0.6) is 0 Å². The van der Waals surface area contributed by atoms with Crippen molar-refractivity contribution in [3.05, 3.63) is 0 Å². The largest absolute Gasteiger partial charge is 0.458 e. The van der Waals surface area contributed by atoms with E-state index >= 15 is 0 Å². The lowest BCUT2D eigenvalue weighted by Gasteiger charge is -2.60. The molecule has 6 bridgehead atoms. The van der Waals surface area contributed by atoms with Crippen LogP contribution in [0.2, 0.25) is 0 Å². The fraction of sp³-hybridized carbons (Fsp3) is 0.906. The van der Waals surface area contributed by atoms with Gasteiger partial charge in [-0.1, -0.05) is 20.8 Å². The van der Waals surface area contributed by atoms with Crippen molar-refractivity contribution in [1.29, 1.82) is 0 Å².